The van der Waals surface area contributed by atoms with Crippen LogP contribution in [0.3, 0.4) is 0 Å². The van der Waals surface area contributed by atoms with Crippen LogP contribution in [-0.2, 0) is 4.74 Å². The fraction of sp³-hybridized carbons (Fsp3) is 0.300. The average Bonchev–Trinajstić information content (AvgIpc) is 3.04. The Hall–Kier alpha value is -2.30. The molecule has 24 heavy (non-hydrogen) atoms. The van der Waals surface area contributed by atoms with Crippen LogP contribution in [0.15, 0.2) is 52.9 Å². The molecule has 1 unspecified atom stereocenters. The summed E-state index contributed by atoms with van der Waals surface area (Å²) in [4.78, 5) is 2.32. The number of fused-ring (bicyclic) bond motifs is 1. The van der Waals surface area contributed by atoms with Gasteiger partial charge in [-0.15, -0.1) is 0 Å². The van der Waals surface area contributed by atoms with E-state index in [9.17, 15) is 5.11 Å². The lowest BCUT2D eigenvalue weighted by atomic mass is 9.94. The standard InChI is InChI=1S/C20H21NO3/c1-14-6-9-18(24-14)20(21-10-12-23-13-11-21)19-16-5-3-2-4-15(16)7-8-17(19)22/h2-9,20,22H,10-13H2,1H3. The number of benzene rings is 2. The molecule has 0 bridgehead atoms. The van der Waals surface area contributed by atoms with Gasteiger partial charge in [-0.1, -0.05) is 30.3 Å². The lowest BCUT2D eigenvalue weighted by molar-refractivity contribution is 0.0199. The van der Waals surface area contributed by atoms with E-state index < -0.39 is 0 Å². The Morgan fingerprint density at radius 2 is 1.79 bits per heavy atom. The van der Waals surface area contributed by atoms with E-state index in [1.165, 1.54) is 0 Å². The Labute approximate surface area is 141 Å². The molecule has 1 N–H and O–H groups in total. The maximum absolute atomic E-state index is 10.7. The number of phenols is 1. The van der Waals surface area contributed by atoms with Crippen LogP contribution in [-0.4, -0.2) is 36.3 Å². The zero-order valence-corrected chi connectivity index (χ0v) is 13.7. The molecule has 1 saturated heterocycles. The van der Waals surface area contributed by atoms with Crippen LogP contribution in [0.2, 0.25) is 0 Å². The molecule has 1 aliphatic rings. The molecule has 0 saturated carbocycles. The van der Waals surface area contributed by atoms with Crippen molar-refractivity contribution < 1.29 is 14.3 Å². The van der Waals surface area contributed by atoms with Gasteiger partial charge in [0, 0.05) is 18.7 Å². The normalized spacial score (nSPS) is 17.2. The summed E-state index contributed by atoms with van der Waals surface area (Å²) >= 11 is 0. The van der Waals surface area contributed by atoms with Crippen LogP contribution in [0, 0.1) is 6.92 Å². The first-order chi connectivity index (χ1) is 11.7. The van der Waals surface area contributed by atoms with Gasteiger partial charge in [-0.2, -0.15) is 0 Å². The minimum absolute atomic E-state index is 0.117. The van der Waals surface area contributed by atoms with Crippen LogP contribution < -0.4 is 0 Å². The quantitative estimate of drug-likeness (QED) is 0.795. The highest BCUT2D eigenvalue weighted by atomic mass is 16.5. The van der Waals surface area contributed by atoms with E-state index in [1.54, 1.807) is 6.07 Å². The maximum Gasteiger partial charge on any atom is 0.126 e. The number of hydrogen-bond acceptors (Lipinski definition) is 4. The van der Waals surface area contributed by atoms with Gasteiger partial charge >= 0.3 is 0 Å². The third-order valence-electron chi connectivity index (χ3n) is 4.66. The van der Waals surface area contributed by atoms with Crippen LogP contribution in [0.1, 0.15) is 23.1 Å². The molecule has 1 aliphatic heterocycles. The lowest BCUT2D eigenvalue weighted by Gasteiger charge is -2.34. The van der Waals surface area contributed by atoms with E-state index in [1.807, 2.05) is 37.3 Å². The molecule has 0 radical (unpaired) electrons. The number of ether oxygens (including phenoxy) is 1. The highest BCUT2D eigenvalue weighted by molar-refractivity contribution is 5.88. The van der Waals surface area contributed by atoms with E-state index in [-0.39, 0.29) is 6.04 Å². The zero-order valence-electron chi connectivity index (χ0n) is 13.7. The van der Waals surface area contributed by atoms with Crippen LogP contribution in [0.4, 0.5) is 0 Å². The predicted octanol–water partition coefficient (Wildman–Crippen LogP) is 3.87. The van der Waals surface area contributed by atoms with Gasteiger partial charge in [-0.05, 0) is 35.9 Å². The van der Waals surface area contributed by atoms with Crippen molar-refractivity contribution in [1.29, 1.82) is 0 Å². The van der Waals surface area contributed by atoms with E-state index in [2.05, 4.69) is 17.0 Å². The fourth-order valence-electron chi connectivity index (χ4n) is 3.51. The first kappa shape index (κ1) is 15.2. The van der Waals surface area contributed by atoms with Gasteiger partial charge in [0.25, 0.3) is 0 Å². The molecular weight excluding hydrogens is 302 g/mol. The van der Waals surface area contributed by atoms with E-state index >= 15 is 0 Å². The van der Waals surface area contributed by atoms with Crippen molar-refractivity contribution in [2.75, 3.05) is 26.3 Å². The third kappa shape index (κ3) is 2.68. The molecule has 1 fully saturated rings. The summed E-state index contributed by atoms with van der Waals surface area (Å²) in [5, 5.41) is 12.9. The SMILES string of the molecule is Cc1ccc(C(c2c(O)ccc3ccccc23)N2CCOCC2)o1. The molecule has 1 atom stereocenters. The maximum atomic E-state index is 10.7. The highest BCUT2D eigenvalue weighted by Crippen LogP contribution is 2.40. The molecule has 0 amide bonds. The third-order valence-corrected chi connectivity index (χ3v) is 4.66. The molecule has 4 nitrogen and oxygen atoms in total. The monoisotopic (exact) mass is 323 g/mol. The molecule has 4 heteroatoms. The van der Waals surface area contributed by atoms with E-state index in [4.69, 9.17) is 9.15 Å². The molecular formula is C20H21NO3. The first-order valence-electron chi connectivity index (χ1n) is 8.33. The van der Waals surface area contributed by atoms with Gasteiger partial charge in [0.1, 0.15) is 17.3 Å². The molecule has 0 spiro atoms. The van der Waals surface area contributed by atoms with Gasteiger partial charge in [-0.25, -0.2) is 0 Å². The summed E-state index contributed by atoms with van der Waals surface area (Å²) in [6.45, 7) is 4.96. The summed E-state index contributed by atoms with van der Waals surface area (Å²) in [6.07, 6.45) is 0. The van der Waals surface area contributed by atoms with E-state index in [0.717, 1.165) is 40.9 Å². The fourth-order valence-corrected chi connectivity index (χ4v) is 3.51. The Morgan fingerprint density at radius 3 is 2.54 bits per heavy atom. The highest BCUT2D eigenvalue weighted by Gasteiger charge is 2.30. The number of aryl methyl sites for hydroxylation is 1. The second-order valence-electron chi connectivity index (χ2n) is 6.22. The minimum Gasteiger partial charge on any atom is -0.508 e. The van der Waals surface area contributed by atoms with Gasteiger partial charge < -0.3 is 14.3 Å². The van der Waals surface area contributed by atoms with Crippen molar-refractivity contribution in [2.24, 2.45) is 0 Å². The average molecular weight is 323 g/mol. The van der Waals surface area contributed by atoms with Gasteiger partial charge in [0.15, 0.2) is 0 Å². The topological polar surface area (TPSA) is 45.8 Å². The Morgan fingerprint density at radius 1 is 1.00 bits per heavy atom. The number of aromatic hydroxyl groups is 1. The van der Waals surface area contributed by atoms with Gasteiger partial charge in [-0.3, -0.25) is 4.90 Å². The molecule has 3 aromatic rings. The van der Waals surface area contributed by atoms with Crippen LogP contribution >= 0.6 is 0 Å². The molecule has 1 aromatic heterocycles. The smallest absolute Gasteiger partial charge is 0.126 e. The van der Waals surface area contributed by atoms with Crippen molar-refractivity contribution in [2.45, 2.75) is 13.0 Å². The minimum atomic E-state index is -0.117. The zero-order chi connectivity index (χ0) is 16.5. The lowest BCUT2D eigenvalue weighted by Crippen LogP contribution is -2.39. The predicted molar refractivity (Wildman–Crippen MR) is 93.3 cm³/mol. The molecule has 2 aromatic carbocycles. The van der Waals surface area contributed by atoms with Gasteiger partial charge in [0.2, 0.25) is 0 Å². The first-order valence-corrected chi connectivity index (χ1v) is 8.33. The second-order valence-corrected chi connectivity index (χ2v) is 6.22. The van der Waals surface area contributed by atoms with Gasteiger partial charge in [0.05, 0.1) is 19.3 Å². The molecule has 4 rings (SSSR count). The second kappa shape index (κ2) is 6.30. The molecule has 2 heterocycles. The summed E-state index contributed by atoms with van der Waals surface area (Å²) in [7, 11) is 0. The number of furan rings is 1. The number of phenolic OH excluding ortho intramolecular Hbond substituents is 1. The van der Waals surface area contributed by atoms with E-state index in [0.29, 0.717) is 19.0 Å². The number of nitrogens with zero attached hydrogens (tertiary/aromatic N) is 1. The summed E-state index contributed by atoms with van der Waals surface area (Å²) in [5.74, 6) is 2.04. The number of rotatable bonds is 3. The van der Waals surface area contributed by atoms with Crippen molar-refractivity contribution in [3.05, 3.63) is 65.6 Å². The molecule has 0 aliphatic carbocycles. The van der Waals surface area contributed by atoms with Crippen molar-refractivity contribution in [3.8, 4) is 5.75 Å². The Kier molecular flexibility index (Phi) is 4.00. The Bertz CT molecular complexity index is 849. The number of hydrogen-bond donors (Lipinski definition) is 1. The van der Waals surface area contributed by atoms with Crippen molar-refractivity contribution >= 4 is 10.8 Å². The number of morpholine rings is 1. The Balaban J connectivity index is 1.91. The van der Waals surface area contributed by atoms with Crippen LogP contribution in [0.5, 0.6) is 5.75 Å². The summed E-state index contributed by atoms with van der Waals surface area (Å²) in [5.41, 5.74) is 0.907. The van der Waals surface area contributed by atoms with Crippen molar-refractivity contribution in [1.82, 2.24) is 4.90 Å². The summed E-state index contributed by atoms with van der Waals surface area (Å²) < 4.78 is 11.5. The largest absolute Gasteiger partial charge is 0.508 e. The molecule has 124 valence electrons. The van der Waals surface area contributed by atoms with Crippen LogP contribution in [0.25, 0.3) is 10.8 Å². The summed E-state index contributed by atoms with van der Waals surface area (Å²) in [6, 6.07) is 15.8. The van der Waals surface area contributed by atoms with Crippen molar-refractivity contribution in [3.63, 3.8) is 0 Å².